The number of amides is 1. The van der Waals surface area contributed by atoms with Crippen LogP contribution in [0.2, 0.25) is 0 Å². The predicted octanol–water partition coefficient (Wildman–Crippen LogP) is 1.90. The molecule has 1 heterocycles. The molecule has 104 valence electrons. The minimum Gasteiger partial charge on any atom is -0.495 e. The number of ketones is 1. The van der Waals surface area contributed by atoms with Crippen molar-refractivity contribution in [3.8, 4) is 11.8 Å². The molecule has 1 aromatic rings. The number of hydrogen-bond donors (Lipinski definition) is 0. The standard InChI is InChI=1S/C15H16N2O3/c1-9-13(18)15(2,3)14(19)17(9)11-6-5-10(8-16)12(7-11)20-4/h5-7,9H,1-4H3. The molecule has 1 amide bonds. The number of methoxy groups -OCH3 is 1. The fourth-order valence-corrected chi connectivity index (χ4v) is 2.48. The van der Waals surface area contributed by atoms with Crippen molar-refractivity contribution >= 4 is 17.4 Å². The van der Waals surface area contributed by atoms with E-state index in [1.165, 1.54) is 12.0 Å². The molecular formula is C15H16N2O3. The van der Waals surface area contributed by atoms with Crippen molar-refractivity contribution in [3.05, 3.63) is 23.8 Å². The second kappa shape index (κ2) is 4.64. The third kappa shape index (κ3) is 1.85. The van der Waals surface area contributed by atoms with Gasteiger partial charge in [0, 0.05) is 11.8 Å². The quantitative estimate of drug-likeness (QED) is 0.771. The SMILES string of the molecule is COc1cc(N2C(=O)C(C)(C)C(=O)C2C)ccc1C#N. The Bertz CT molecular complexity index is 628. The number of carbonyl (C=O) groups excluding carboxylic acids is 2. The largest absolute Gasteiger partial charge is 0.495 e. The molecule has 1 fully saturated rings. The highest BCUT2D eigenvalue weighted by Gasteiger charge is 2.51. The second-order valence-electron chi connectivity index (χ2n) is 5.34. The highest BCUT2D eigenvalue weighted by atomic mass is 16.5. The van der Waals surface area contributed by atoms with Gasteiger partial charge in [0.25, 0.3) is 0 Å². The van der Waals surface area contributed by atoms with Crippen molar-refractivity contribution in [1.82, 2.24) is 0 Å². The Balaban J connectivity index is 2.50. The molecule has 1 aliphatic rings. The molecule has 0 bridgehead atoms. The van der Waals surface area contributed by atoms with E-state index in [9.17, 15) is 9.59 Å². The molecule has 2 rings (SSSR count). The van der Waals surface area contributed by atoms with Gasteiger partial charge in [-0.05, 0) is 32.9 Å². The first-order chi connectivity index (χ1) is 9.34. The molecule has 5 nitrogen and oxygen atoms in total. The molecule has 0 N–H and O–H groups in total. The number of carbonyl (C=O) groups is 2. The maximum Gasteiger partial charge on any atom is 0.240 e. The normalized spacial score (nSPS) is 20.9. The van der Waals surface area contributed by atoms with Crippen molar-refractivity contribution in [1.29, 1.82) is 5.26 Å². The number of rotatable bonds is 2. The van der Waals surface area contributed by atoms with Crippen LogP contribution in [0.25, 0.3) is 0 Å². The summed E-state index contributed by atoms with van der Waals surface area (Å²) in [4.78, 5) is 26.0. The molecule has 5 heteroatoms. The molecular weight excluding hydrogens is 256 g/mol. The minimum absolute atomic E-state index is 0.106. The lowest BCUT2D eigenvalue weighted by molar-refractivity contribution is -0.132. The van der Waals surface area contributed by atoms with Gasteiger partial charge in [0.2, 0.25) is 5.91 Å². The zero-order valence-corrected chi connectivity index (χ0v) is 11.9. The van der Waals surface area contributed by atoms with Gasteiger partial charge in [-0.15, -0.1) is 0 Å². The third-order valence-electron chi connectivity index (χ3n) is 3.72. The molecule has 1 unspecified atom stereocenters. The zero-order valence-electron chi connectivity index (χ0n) is 11.9. The summed E-state index contributed by atoms with van der Waals surface area (Å²) in [6.45, 7) is 4.98. The van der Waals surface area contributed by atoms with E-state index < -0.39 is 11.5 Å². The smallest absolute Gasteiger partial charge is 0.240 e. The third-order valence-corrected chi connectivity index (χ3v) is 3.72. The van der Waals surface area contributed by atoms with E-state index in [0.29, 0.717) is 17.0 Å². The van der Waals surface area contributed by atoms with Gasteiger partial charge in [0.05, 0.1) is 18.7 Å². The van der Waals surface area contributed by atoms with Crippen LogP contribution >= 0.6 is 0 Å². The zero-order chi connectivity index (χ0) is 15.1. The molecule has 1 saturated heterocycles. The fraction of sp³-hybridized carbons (Fsp3) is 0.400. The Hall–Kier alpha value is -2.35. The molecule has 20 heavy (non-hydrogen) atoms. The molecule has 0 spiro atoms. The van der Waals surface area contributed by atoms with E-state index in [-0.39, 0.29) is 11.7 Å². The summed E-state index contributed by atoms with van der Waals surface area (Å²) in [7, 11) is 1.46. The number of nitriles is 1. The van der Waals surface area contributed by atoms with Crippen LogP contribution in [0.4, 0.5) is 5.69 Å². The monoisotopic (exact) mass is 272 g/mol. The highest BCUT2D eigenvalue weighted by molar-refractivity contribution is 6.22. The Labute approximate surface area is 117 Å². The summed E-state index contributed by atoms with van der Waals surface area (Å²) in [5.41, 5.74) is -0.0565. The summed E-state index contributed by atoms with van der Waals surface area (Å²) < 4.78 is 5.14. The molecule has 0 radical (unpaired) electrons. The van der Waals surface area contributed by atoms with Gasteiger partial charge < -0.3 is 9.64 Å². The highest BCUT2D eigenvalue weighted by Crippen LogP contribution is 2.37. The van der Waals surface area contributed by atoms with Crippen LogP contribution in [0.1, 0.15) is 26.3 Å². The van der Waals surface area contributed by atoms with Gasteiger partial charge in [-0.25, -0.2) is 0 Å². The number of nitrogens with zero attached hydrogens (tertiary/aromatic N) is 2. The van der Waals surface area contributed by atoms with E-state index in [2.05, 4.69) is 0 Å². The first kappa shape index (κ1) is 14.1. The first-order valence-electron chi connectivity index (χ1n) is 6.30. The Morgan fingerprint density at radius 3 is 2.45 bits per heavy atom. The number of hydrogen-bond acceptors (Lipinski definition) is 4. The molecule has 1 atom stereocenters. The number of ether oxygens (including phenoxy) is 1. The first-order valence-corrected chi connectivity index (χ1v) is 6.30. The number of benzene rings is 1. The maximum atomic E-state index is 12.4. The molecule has 1 aliphatic heterocycles. The van der Waals surface area contributed by atoms with Crippen LogP contribution in [0.5, 0.6) is 5.75 Å². The Morgan fingerprint density at radius 1 is 1.35 bits per heavy atom. The van der Waals surface area contributed by atoms with Crippen molar-refractivity contribution in [2.45, 2.75) is 26.8 Å². The van der Waals surface area contributed by atoms with Crippen LogP contribution in [-0.2, 0) is 9.59 Å². The number of Topliss-reactive ketones (excluding diaryl/α,β-unsaturated/α-hetero) is 1. The summed E-state index contributed by atoms with van der Waals surface area (Å²) in [6, 6.07) is 6.35. The summed E-state index contributed by atoms with van der Waals surface area (Å²) in [5, 5.41) is 8.97. The van der Waals surface area contributed by atoms with Gasteiger partial charge in [0.15, 0.2) is 5.78 Å². The van der Waals surface area contributed by atoms with Crippen LogP contribution in [0.3, 0.4) is 0 Å². The van der Waals surface area contributed by atoms with Gasteiger partial charge in [-0.1, -0.05) is 0 Å². The van der Waals surface area contributed by atoms with Crippen LogP contribution < -0.4 is 9.64 Å². The van der Waals surface area contributed by atoms with Gasteiger partial charge in [0.1, 0.15) is 17.2 Å². The van der Waals surface area contributed by atoms with Crippen molar-refractivity contribution < 1.29 is 14.3 Å². The van der Waals surface area contributed by atoms with Crippen molar-refractivity contribution in [2.24, 2.45) is 5.41 Å². The minimum atomic E-state index is -1.01. The van der Waals surface area contributed by atoms with Gasteiger partial charge >= 0.3 is 0 Å². The average Bonchev–Trinajstić information content (AvgIpc) is 2.59. The lowest BCUT2D eigenvalue weighted by Crippen LogP contribution is -2.34. The second-order valence-corrected chi connectivity index (χ2v) is 5.34. The van der Waals surface area contributed by atoms with E-state index in [4.69, 9.17) is 10.00 Å². The van der Waals surface area contributed by atoms with E-state index in [1.807, 2.05) is 6.07 Å². The van der Waals surface area contributed by atoms with E-state index in [1.54, 1.807) is 39.0 Å². The van der Waals surface area contributed by atoms with E-state index >= 15 is 0 Å². The molecule has 0 aliphatic carbocycles. The van der Waals surface area contributed by atoms with Crippen molar-refractivity contribution in [2.75, 3.05) is 12.0 Å². The fourth-order valence-electron chi connectivity index (χ4n) is 2.48. The molecule has 0 aromatic heterocycles. The summed E-state index contributed by atoms with van der Waals surface area (Å²) in [5.74, 6) is 0.0507. The molecule has 1 aromatic carbocycles. The lowest BCUT2D eigenvalue weighted by Gasteiger charge is -2.22. The Kier molecular flexibility index (Phi) is 3.26. The summed E-state index contributed by atoms with van der Waals surface area (Å²) in [6.07, 6.45) is 0. The lowest BCUT2D eigenvalue weighted by atomic mass is 9.89. The van der Waals surface area contributed by atoms with Gasteiger partial charge in [-0.2, -0.15) is 5.26 Å². The molecule has 0 saturated carbocycles. The van der Waals surface area contributed by atoms with Crippen LogP contribution in [0.15, 0.2) is 18.2 Å². The van der Waals surface area contributed by atoms with Crippen LogP contribution in [-0.4, -0.2) is 24.8 Å². The number of anilines is 1. The summed E-state index contributed by atoms with van der Waals surface area (Å²) >= 11 is 0. The maximum absolute atomic E-state index is 12.4. The van der Waals surface area contributed by atoms with E-state index in [0.717, 1.165) is 0 Å². The van der Waals surface area contributed by atoms with Gasteiger partial charge in [-0.3, -0.25) is 9.59 Å². The average molecular weight is 272 g/mol. The Morgan fingerprint density at radius 2 is 2.00 bits per heavy atom. The van der Waals surface area contributed by atoms with Crippen LogP contribution in [0, 0.1) is 16.7 Å². The predicted molar refractivity (Wildman–Crippen MR) is 73.4 cm³/mol. The van der Waals surface area contributed by atoms with Crippen molar-refractivity contribution in [3.63, 3.8) is 0 Å². The topological polar surface area (TPSA) is 70.4 Å².